The van der Waals surface area contributed by atoms with Gasteiger partial charge in [0, 0.05) is 5.69 Å². The molecule has 0 aliphatic heterocycles. The topological polar surface area (TPSA) is 201 Å². The molecule has 6 aromatic rings. The van der Waals surface area contributed by atoms with E-state index in [2.05, 4.69) is 30.2 Å². The molecule has 0 aliphatic carbocycles. The highest BCUT2D eigenvalue weighted by Crippen LogP contribution is 2.46. The van der Waals surface area contributed by atoms with E-state index in [4.69, 9.17) is 23.1 Å². The van der Waals surface area contributed by atoms with Crippen molar-refractivity contribution in [3.05, 3.63) is 104 Å². The number of rotatable bonds is 10. The van der Waals surface area contributed by atoms with Crippen molar-refractivity contribution >= 4 is 93.2 Å². The van der Waals surface area contributed by atoms with E-state index in [1.54, 1.807) is 78.5 Å². The zero-order chi connectivity index (χ0) is 41.7. The lowest BCUT2D eigenvalue weighted by Gasteiger charge is -2.28. The molecule has 0 amide bonds. The zero-order valence-electron chi connectivity index (χ0n) is 32.0. The lowest BCUT2D eigenvalue weighted by atomic mass is 10.0. The molecule has 0 saturated heterocycles. The monoisotopic (exact) mass is 824 g/mol. The summed E-state index contributed by atoms with van der Waals surface area (Å²) < 4.78 is 73.6. The van der Waals surface area contributed by atoms with Gasteiger partial charge in [0.25, 0.3) is 31.9 Å². The Morgan fingerprint density at radius 3 is 2.04 bits per heavy atom. The van der Waals surface area contributed by atoms with Crippen LogP contribution in [0.1, 0.15) is 45.9 Å². The first kappa shape index (κ1) is 40.6. The average molecular weight is 825 g/mol. The fraction of sp³-hybridized carbons (Fsp3) is 0.237. The van der Waals surface area contributed by atoms with Gasteiger partial charge < -0.3 is 15.0 Å². The maximum absolute atomic E-state index is 12.8. The third-order valence-electron chi connectivity index (χ3n) is 9.29. The molecule has 0 bridgehead atoms. The molecule has 3 aromatic heterocycles. The van der Waals surface area contributed by atoms with Crippen LogP contribution in [0.5, 0.6) is 0 Å². The second-order valence-corrected chi connectivity index (χ2v) is 17.0. The van der Waals surface area contributed by atoms with Gasteiger partial charge in [0.1, 0.15) is 21.3 Å². The Labute approximate surface area is 333 Å². The van der Waals surface area contributed by atoms with Crippen molar-refractivity contribution in [2.24, 2.45) is 10.2 Å². The van der Waals surface area contributed by atoms with Gasteiger partial charge in [0.2, 0.25) is 0 Å². The molecule has 19 heteroatoms. The number of azo groups is 1. The number of nitrogens with one attached hydrogen (secondary N) is 1. The summed E-state index contributed by atoms with van der Waals surface area (Å²) in [6.45, 7) is 28.7. The normalized spacial score (nSPS) is 11.9. The maximum Gasteiger partial charge on any atom is 0.416 e. The SMILES string of the molecule is [C-]#[N+]c1nc(N=Nc2c(C)cc(N(c3nc4ccccc4s3)c3c(C)cc(C)c(S(=O)(=O)O)c3C)nc2Nc2c(C)cc(C)c(S(=O)(=O)O)c2C)n(CC)c1[N+]#[C-]. The summed E-state index contributed by atoms with van der Waals surface area (Å²) in [6.07, 6.45) is 0. The Kier molecular flexibility index (Phi) is 10.7. The van der Waals surface area contributed by atoms with E-state index in [1.165, 1.54) is 15.9 Å². The van der Waals surface area contributed by atoms with Crippen molar-refractivity contribution in [3.8, 4) is 0 Å². The van der Waals surface area contributed by atoms with Gasteiger partial charge in [-0.05, 0) is 113 Å². The van der Waals surface area contributed by atoms with Crippen LogP contribution in [0, 0.1) is 61.6 Å². The molecule has 0 fully saturated rings. The number of hydrogen-bond acceptors (Lipinski definition) is 12. The molecule has 3 N–H and O–H groups in total. The molecule has 0 saturated carbocycles. The first-order valence-corrected chi connectivity index (χ1v) is 20.9. The van der Waals surface area contributed by atoms with Gasteiger partial charge in [-0.2, -0.15) is 16.8 Å². The molecule has 57 heavy (non-hydrogen) atoms. The van der Waals surface area contributed by atoms with Crippen LogP contribution >= 0.6 is 11.3 Å². The quantitative estimate of drug-likeness (QED) is 0.0674. The van der Waals surface area contributed by atoms with Crippen LogP contribution in [-0.4, -0.2) is 45.5 Å². The minimum atomic E-state index is -4.68. The van der Waals surface area contributed by atoms with E-state index in [-0.39, 0.29) is 62.4 Å². The number of nitrogens with zero attached hydrogens (tertiary/aromatic N) is 9. The van der Waals surface area contributed by atoms with Crippen LogP contribution in [0.25, 0.3) is 19.9 Å². The van der Waals surface area contributed by atoms with Gasteiger partial charge in [-0.3, -0.25) is 14.0 Å². The number of aromatic nitrogens is 4. The van der Waals surface area contributed by atoms with E-state index in [0.717, 1.165) is 4.70 Å². The first-order valence-electron chi connectivity index (χ1n) is 17.2. The number of thiazole rings is 1. The van der Waals surface area contributed by atoms with Gasteiger partial charge in [-0.15, -0.1) is 5.11 Å². The smallest absolute Gasteiger partial charge is 0.373 e. The van der Waals surface area contributed by atoms with Gasteiger partial charge >= 0.3 is 5.95 Å². The minimum absolute atomic E-state index is 0.0000306. The summed E-state index contributed by atoms with van der Waals surface area (Å²) in [5.41, 5.74) is 4.40. The maximum atomic E-state index is 12.8. The van der Waals surface area contributed by atoms with E-state index in [1.807, 2.05) is 24.3 Å². The number of benzene rings is 3. The van der Waals surface area contributed by atoms with Crippen LogP contribution in [-0.2, 0) is 26.8 Å². The number of imidazole rings is 1. The summed E-state index contributed by atoms with van der Waals surface area (Å²) in [5, 5.41) is 12.5. The standard InChI is InChI=1S/C38H36N10O6S3/c1-11-47-36(40-10)35(39-9)44-37(47)46-45-30-20(3)18-28(42-34(30)43-29-19(2)16-22(5)32(24(29)7)56(49,50)51)48(38-41-26-14-12-13-15-27(26)55-38)31-21(4)17-23(6)33(25(31)8)57(52,53)54/h12-18H,11H2,1-8H3,(H,42,43)(H,49,50,51)(H,52,53,54). The Bertz CT molecular complexity index is 2960. The first-order chi connectivity index (χ1) is 26.8. The van der Waals surface area contributed by atoms with Crippen LogP contribution in [0.2, 0.25) is 0 Å². The van der Waals surface area contributed by atoms with Gasteiger partial charge in [0.15, 0.2) is 10.9 Å². The lowest BCUT2D eigenvalue weighted by molar-refractivity contribution is 0.479. The lowest BCUT2D eigenvalue weighted by Crippen LogP contribution is -2.17. The van der Waals surface area contributed by atoms with Gasteiger partial charge in [0.05, 0.1) is 22.4 Å². The van der Waals surface area contributed by atoms with E-state index >= 15 is 0 Å². The van der Waals surface area contributed by atoms with Crippen molar-refractivity contribution < 1.29 is 25.9 Å². The molecule has 0 spiro atoms. The highest BCUT2D eigenvalue weighted by Gasteiger charge is 2.30. The molecule has 0 aliphatic rings. The molecular formula is C38H36N10O6S3. The highest BCUT2D eigenvalue weighted by molar-refractivity contribution is 7.86. The molecular weight excluding hydrogens is 789 g/mol. The molecule has 3 heterocycles. The van der Waals surface area contributed by atoms with Gasteiger partial charge in [-0.25, -0.2) is 14.5 Å². The second-order valence-electron chi connectivity index (χ2n) is 13.2. The number of para-hydroxylation sites is 1. The van der Waals surface area contributed by atoms with Crippen molar-refractivity contribution in [3.63, 3.8) is 0 Å². The third kappa shape index (κ3) is 7.46. The number of anilines is 5. The Morgan fingerprint density at radius 1 is 0.807 bits per heavy atom. The molecule has 0 unspecified atom stereocenters. The number of hydrogen-bond donors (Lipinski definition) is 3. The molecule has 292 valence electrons. The van der Waals surface area contributed by atoms with Crippen LogP contribution in [0.3, 0.4) is 0 Å². The summed E-state index contributed by atoms with van der Waals surface area (Å²) >= 11 is 1.33. The van der Waals surface area contributed by atoms with E-state index in [9.17, 15) is 25.9 Å². The number of fused-ring (bicyclic) bond motifs is 1. The minimum Gasteiger partial charge on any atom is -0.373 e. The number of aryl methyl sites for hydroxylation is 5. The van der Waals surface area contributed by atoms with E-state index < -0.39 is 20.2 Å². The van der Waals surface area contributed by atoms with Crippen LogP contribution < -0.4 is 10.2 Å². The van der Waals surface area contributed by atoms with E-state index in [0.29, 0.717) is 49.8 Å². The third-order valence-corrected chi connectivity index (χ3v) is 12.6. The molecule has 0 radical (unpaired) electrons. The largest absolute Gasteiger partial charge is 0.416 e. The Morgan fingerprint density at radius 2 is 1.44 bits per heavy atom. The summed E-state index contributed by atoms with van der Waals surface area (Å²) in [5.74, 6) is 0.183. The van der Waals surface area contributed by atoms with Crippen molar-refractivity contribution in [2.75, 3.05) is 10.2 Å². The van der Waals surface area contributed by atoms with Crippen molar-refractivity contribution in [1.29, 1.82) is 0 Å². The second kappa shape index (κ2) is 15.1. The highest BCUT2D eigenvalue weighted by atomic mass is 32.2. The van der Waals surface area contributed by atoms with Crippen LogP contribution in [0.15, 0.2) is 62.5 Å². The van der Waals surface area contributed by atoms with Crippen molar-refractivity contribution in [1.82, 2.24) is 19.5 Å². The van der Waals surface area contributed by atoms with Gasteiger partial charge in [-0.1, -0.05) is 58.8 Å². The Balaban J connectivity index is 1.69. The molecule has 16 nitrogen and oxygen atoms in total. The average Bonchev–Trinajstić information content (AvgIpc) is 3.70. The summed E-state index contributed by atoms with van der Waals surface area (Å²) in [6, 6.07) is 12.4. The molecule has 6 rings (SSSR count). The summed E-state index contributed by atoms with van der Waals surface area (Å²) in [7, 11) is -9.34. The summed E-state index contributed by atoms with van der Waals surface area (Å²) in [4.78, 5) is 22.1. The van der Waals surface area contributed by atoms with Crippen LogP contribution in [0.4, 0.5) is 51.4 Å². The molecule has 3 aromatic carbocycles. The predicted molar refractivity (Wildman–Crippen MR) is 219 cm³/mol. The number of pyridine rings is 1. The zero-order valence-corrected chi connectivity index (χ0v) is 34.5. The predicted octanol–water partition coefficient (Wildman–Crippen LogP) is 10.3. The fourth-order valence-electron chi connectivity index (χ4n) is 7.08. The Hall–Kier alpha value is -6.09. The molecule has 0 atom stereocenters. The fourth-order valence-corrected chi connectivity index (χ4v) is 9.97. The van der Waals surface area contributed by atoms with Crippen molar-refractivity contribution in [2.45, 2.75) is 71.7 Å².